The van der Waals surface area contributed by atoms with E-state index < -0.39 is 0 Å². The van der Waals surface area contributed by atoms with Gasteiger partial charge < -0.3 is 15.0 Å². The number of carbonyl (C=O) groups excluding carboxylic acids is 1. The number of ether oxygens (including phenoxy) is 1. The molecule has 1 aliphatic rings. The van der Waals surface area contributed by atoms with Crippen LogP contribution in [0.1, 0.15) is 27.2 Å². The molecule has 198 valence electrons. The number of hydrogen-bond acceptors (Lipinski definition) is 8. The zero-order chi connectivity index (χ0) is 26.4. The Kier molecular flexibility index (Phi) is 8.67. The fraction of sp³-hybridized carbons (Fsp3) is 0.500. The lowest BCUT2D eigenvalue weighted by molar-refractivity contribution is -0.129. The first-order valence-electron chi connectivity index (χ1n) is 12.8. The maximum absolute atomic E-state index is 12.8. The second-order valence-electron chi connectivity index (χ2n) is 9.42. The van der Waals surface area contributed by atoms with Gasteiger partial charge in [-0.15, -0.1) is 0 Å². The van der Waals surface area contributed by atoms with Gasteiger partial charge in [-0.05, 0) is 32.4 Å². The van der Waals surface area contributed by atoms with E-state index in [-0.39, 0.29) is 23.6 Å². The molecule has 3 aromatic rings. The second kappa shape index (κ2) is 12.1. The average Bonchev–Trinajstić information content (AvgIpc) is 3.34. The fourth-order valence-electron chi connectivity index (χ4n) is 4.54. The Morgan fingerprint density at radius 2 is 2.08 bits per heavy atom. The summed E-state index contributed by atoms with van der Waals surface area (Å²) >= 11 is 0. The van der Waals surface area contributed by atoms with Gasteiger partial charge in [-0.3, -0.25) is 23.7 Å². The van der Waals surface area contributed by atoms with Crippen molar-refractivity contribution in [2.75, 3.05) is 38.1 Å². The monoisotopic (exact) mass is 508 g/mol. The molecule has 0 saturated carbocycles. The molecule has 11 nitrogen and oxygen atoms in total. The molecule has 11 heteroatoms. The lowest BCUT2D eigenvalue weighted by atomic mass is 10.1. The Morgan fingerprint density at radius 1 is 1.24 bits per heavy atom. The SMILES string of the molecule is C=CC(=O)N1CCN(CCn2c(=O)ccc3cnc(Nc4cnn(CCOC(C)C)c4)nc32)[C@@H](CC)C1. The van der Waals surface area contributed by atoms with Gasteiger partial charge in [0, 0.05) is 62.6 Å². The van der Waals surface area contributed by atoms with Crippen molar-refractivity contribution in [1.29, 1.82) is 0 Å². The van der Waals surface area contributed by atoms with E-state index in [4.69, 9.17) is 4.74 Å². The predicted octanol–water partition coefficient (Wildman–Crippen LogP) is 2.27. The molecule has 1 aliphatic heterocycles. The van der Waals surface area contributed by atoms with Crippen LogP contribution in [0.2, 0.25) is 0 Å². The zero-order valence-corrected chi connectivity index (χ0v) is 21.8. The van der Waals surface area contributed by atoms with Crippen LogP contribution < -0.4 is 10.9 Å². The van der Waals surface area contributed by atoms with Crippen molar-refractivity contribution in [3.05, 3.63) is 53.7 Å². The Morgan fingerprint density at radius 3 is 2.84 bits per heavy atom. The van der Waals surface area contributed by atoms with Gasteiger partial charge in [0.1, 0.15) is 5.65 Å². The van der Waals surface area contributed by atoms with Gasteiger partial charge >= 0.3 is 0 Å². The summed E-state index contributed by atoms with van der Waals surface area (Å²) in [6.45, 7) is 14.2. The molecule has 0 aliphatic carbocycles. The molecule has 1 saturated heterocycles. The third-order valence-electron chi connectivity index (χ3n) is 6.56. The van der Waals surface area contributed by atoms with Gasteiger partial charge in [0.25, 0.3) is 5.56 Å². The van der Waals surface area contributed by atoms with Crippen LogP contribution in [0, 0.1) is 0 Å². The quantitative estimate of drug-likeness (QED) is 0.393. The lowest BCUT2D eigenvalue weighted by Crippen LogP contribution is -2.55. The number of aromatic nitrogens is 5. The standard InChI is InChI=1S/C26H36N8O3/c1-5-22-18-32(23(35)6-2)10-9-31(22)11-12-34-24(36)8-7-20-15-27-26(30-25(20)34)29-21-16-28-33(17-21)13-14-37-19(3)4/h6-8,15-17,19,22H,2,5,9-14,18H2,1,3-4H3,(H,27,29,30)/t22-/m0/s1. The maximum atomic E-state index is 12.8. The van der Waals surface area contributed by atoms with Crippen LogP contribution >= 0.6 is 0 Å². The number of nitrogens with one attached hydrogen (secondary N) is 1. The highest BCUT2D eigenvalue weighted by molar-refractivity contribution is 5.87. The first kappa shape index (κ1) is 26.5. The number of rotatable bonds is 11. The second-order valence-corrected chi connectivity index (χ2v) is 9.42. The first-order chi connectivity index (χ1) is 17.9. The molecule has 37 heavy (non-hydrogen) atoms. The first-order valence-corrected chi connectivity index (χ1v) is 12.8. The number of piperazine rings is 1. The van der Waals surface area contributed by atoms with E-state index >= 15 is 0 Å². The van der Waals surface area contributed by atoms with Crippen molar-refractivity contribution in [3.8, 4) is 0 Å². The number of pyridine rings is 1. The fourth-order valence-corrected chi connectivity index (χ4v) is 4.54. The molecular formula is C26H36N8O3. The molecule has 0 spiro atoms. The van der Waals surface area contributed by atoms with Crippen LogP contribution in [0.25, 0.3) is 11.0 Å². The highest BCUT2D eigenvalue weighted by atomic mass is 16.5. The van der Waals surface area contributed by atoms with Crippen molar-refractivity contribution >= 4 is 28.6 Å². The van der Waals surface area contributed by atoms with Crippen molar-refractivity contribution < 1.29 is 9.53 Å². The van der Waals surface area contributed by atoms with E-state index in [2.05, 4.69) is 38.8 Å². The summed E-state index contributed by atoms with van der Waals surface area (Å²) in [5.41, 5.74) is 1.23. The van der Waals surface area contributed by atoms with Gasteiger partial charge in [0.15, 0.2) is 0 Å². The third kappa shape index (κ3) is 6.60. The van der Waals surface area contributed by atoms with Crippen molar-refractivity contribution in [1.82, 2.24) is 34.1 Å². The van der Waals surface area contributed by atoms with Crippen molar-refractivity contribution in [2.24, 2.45) is 0 Å². The molecular weight excluding hydrogens is 472 g/mol. The molecule has 0 aromatic carbocycles. The Hall–Kier alpha value is -3.57. The Bertz CT molecular complexity index is 1280. The van der Waals surface area contributed by atoms with Crippen molar-refractivity contribution in [3.63, 3.8) is 0 Å². The zero-order valence-electron chi connectivity index (χ0n) is 21.8. The topological polar surface area (TPSA) is 110 Å². The molecule has 0 bridgehead atoms. The van der Waals surface area contributed by atoms with E-state index in [0.717, 1.165) is 24.0 Å². The maximum Gasteiger partial charge on any atom is 0.252 e. The summed E-state index contributed by atoms with van der Waals surface area (Å²) in [6.07, 6.45) is 7.76. The van der Waals surface area contributed by atoms with Crippen LogP contribution in [0.15, 0.2) is 48.2 Å². The number of anilines is 2. The normalized spacial score (nSPS) is 16.4. The van der Waals surface area contributed by atoms with Crippen LogP contribution in [0.4, 0.5) is 11.6 Å². The summed E-state index contributed by atoms with van der Waals surface area (Å²) in [4.78, 5) is 38.2. The number of carbonyl (C=O) groups is 1. The summed E-state index contributed by atoms with van der Waals surface area (Å²) < 4.78 is 9.08. The number of nitrogens with zero attached hydrogens (tertiary/aromatic N) is 7. The van der Waals surface area contributed by atoms with Crippen LogP contribution in [0.3, 0.4) is 0 Å². The van der Waals surface area contributed by atoms with E-state index in [1.165, 1.54) is 6.08 Å². The number of hydrogen-bond donors (Lipinski definition) is 1. The molecule has 3 aromatic heterocycles. The highest BCUT2D eigenvalue weighted by Crippen LogP contribution is 2.17. The average molecular weight is 509 g/mol. The van der Waals surface area contributed by atoms with E-state index in [9.17, 15) is 9.59 Å². The Balaban J connectivity index is 1.46. The lowest BCUT2D eigenvalue weighted by Gasteiger charge is -2.41. The van der Waals surface area contributed by atoms with Gasteiger partial charge in [-0.1, -0.05) is 13.5 Å². The summed E-state index contributed by atoms with van der Waals surface area (Å²) in [5.74, 6) is 0.363. The van der Waals surface area contributed by atoms with Crippen molar-refractivity contribution in [2.45, 2.75) is 52.4 Å². The van der Waals surface area contributed by atoms with E-state index in [1.807, 2.05) is 24.9 Å². The van der Waals surface area contributed by atoms with Gasteiger partial charge in [0.05, 0.1) is 31.1 Å². The minimum Gasteiger partial charge on any atom is -0.377 e. The number of amides is 1. The molecule has 1 fully saturated rings. The molecule has 1 amide bonds. The summed E-state index contributed by atoms with van der Waals surface area (Å²) in [6, 6.07) is 3.54. The molecule has 0 radical (unpaired) electrons. The number of fused-ring (bicyclic) bond motifs is 1. The minimum atomic E-state index is -0.108. The third-order valence-corrected chi connectivity index (χ3v) is 6.56. The van der Waals surface area contributed by atoms with Crippen LogP contribution in [-0.2, 0) is 22.6 Å². The smallest absolute Gasteiger partial charge is 0.252 e. The van der Waals surface area contributed by atoms with E-state index in [1.54, 1.807) is 33.8 Å². The van der Waals surface area contributed by atoms with Gasteiger partial charge in [-0.2, -0.15) is 10.1 Å². The Labute approximate surface area is 216 Å². The van der Waals surface area contributed by atoms with Gasteiger partial charge in [-0.25, -0.2) is 4.98 Å². The summed E-state index contributed by atoms with van der Waals surface area (Å²) in [5, 5.41) is 8.33. The highest BCUT2D eigenvalue weighted by Gasteiger charge is 2.27. The summed E-state index contributed by atoms with van der Waals surface area (Å²) in [7, 11) is 0. The molecule has 1 N–H and O–H groups in total. The predicted molar refractivity (Wildman–Crippen MR) is 143 cm³/mol. The van der Waals surface area contributed by atoms with E-state index in [0.29, 0.717) is 50.9 Å². The molecule has 4 heterocycles. The molecule has 1 atom stereocenters. The van der Waals surface area contributed by atoms with Crippen LogP contribution in [0.5, 0.6) is 0 Å². The molecule has 4 rings (SSSR count). The largest absolute Gasteiger partial charge is 0.377 e. The minimum absolute atomic E-state index is 0.0328. The van der Waals surface area contributed by atoms with Crippen LogP contribution in [-0.4, -0.2) is 85.0 Å². The molecule has 0 unspecified atom stereocenters. The van der Waals surface area contributed by atoms with Gasteiger partial charge in [0.2, 0.25) is 11.9 Å².